The van der Waals surface area contributed by atoms with Gasteiger partial charge in [-0.3, -0.25) is 0 Å². The highest BCUT2D eigenvalue weighted by Crippen LogP contribution is 2.40. The number of hydrogen-bond donors (Lipinski definition) is 0. The molecule has 0 aromatic heterocycles. The lowest BCUT2D eigenvalue weighted by Gasteiger charge is -2.34. The zero-order chi connectivity index (χ0) is 16.9. The molecule has 0 spiro atoms. The van der Waals surface area contributed by atoms with Crippen molar-refractivity contribution < 1.29 is 32.1 Å². The molecule has 0 aliphatic carbocycles. The quantitative estimate of drug-likeness (QED) is 0.802. The van der Waals surface area contributed by atoms with Crippen molar-refractivity contribution in [3.8, 4) is 0 Å². The summed E-state index contributed by atoms with van der Waals surface area (Å²) in [6.45, 7) is 3.86. The number of ether oxygens (including phenoxy) is 5. The van der Waals surface area contributed by atoms with Gasteiger partial charge in [0, 0.05) is 0 Å². The van der Waals surface area contributed by atoms with E-state index < -0.39 is 34.3 Å². The molecule has 8 heteroatoms. The molecule has 3 saturated heterocycles. The van der Waals surface area contributed by atoms with Gasteiger partial charge in [-0.1, -0.05) is 18.2 Å². The molecule has 0 radical (unpaired) electrons. The van der Waals surface area contributed by atoms with Crippen LogP contribution in [0.2, 0.25) is 0 Å². The molecule has 0 unspecified atom stereocenters. The lowest BCUT2D eigenvalue weighted by molar-refractivity contribution is -0.276. The highest BCUT2D eigenvalue weighted by molar-refractivity contribution is 7.91. The SMILES string of the molecule is CC1(C)O[C@H]2O[C@@H]3CO[C@@H](CS(=O)(=O)c4ccccc4)O[C@@H]3[C@H]2O1. The molecule has 132 valence electrons. The van der Waals surface area contributed by atoms with Crippen LogP contribution in [0.3, 0.4) is 0 Å². The first-order valence-electron chi connectivity index (χ1n) is 7.90. The molecule has 3 fully saturated rings. The van der Waals surface area contributed by atoms with Crippen LogP contribution < -0.4 is 0 Å². The van der Waals surface area contributed by atoms with Crippen molar-refractivity contribution in [3.05, 3.63) is 30.3 Å². The van der Waals surface area contributed by atoms with Crippen molar-refractivity contribution >= 4 is 9.84 Å². The van der Waals surface area contributed by atoms with Crippen molar-refractivity contribution in [2.45, 2.75) is 55.4 Å². The number of sulfone groups is 1. The fourth-order valence-corrected chi connectivity index (χ4v) is 4.55. The van der Waals surface area contributed by atoms with Crippen LogP contribution >= 0.6 is 0 Å². The maximum atomic E-state index is 12.5. The van der Waals surface area contributed by atoms with Crippen LogP contribution in [0.15, 0.2) is 35.2 Å². The van der Waals surface area contributed by atoms with E-state index in [0.717, 1.165) is 0 Å². The maximum absolute atomic E-state index is 12.5. The number of fused-ring (bicyclic) bond motifs is 3. The Labute approximate surface area is 140 Å². The smallest absolute Gasteiger partial charge is 0.190 e. The van der Waals surface area contributed by atoms with Crippen molar-refractivity contribution in [2.24, 2.45) is 0 Å². The lowest BCUT2D eigenvalue weighted by Crippen LogP contribution is -2.48. The van der Waals surface area contributed by atoms with Gasteiger partial charge in [-0.05, 0) is 26.0 Å². The summed E-state index contributed by atoms with van der Waals surface area (Å²) in [5.41, 5.74) is 0. The Morgan fingerprint density at radius 2 is 1.83 bits per heavy atom. The van der Waals surface area contributed by atoms with E-state index in [-0.39, 0.29) is 29.5 Å². The molecular weight excluding hydrogens is 336 g/mol. The fraction of sp³-hybridized carbons (Fsp3) is 0.625. The molecule has 4 rings (SSSR count). The normalized spacial score (nSPS) is 37.8. The molecule has 0 saturated carbocycles. The molecule has 0 amide bonds. The number of hydrogen-bond acceptors (Lipinski definition) is 7. The van der Waals surface area contributed by atoms with Gasteiger partial charge >= 0.3 is 0 Å². The summed E-state index contributed by atoms with van der Waals surface area (Å²) in [4.78, 5) is 0.251. The third-order valence-electron chi connectivity index (χ3n) is 4.30. The first-order chi connectivity index (χ1) is 11.3. The summed E-state index contributed by atoms with van der Waals surface area (Å²) in [7, 11) is -3.50. The molecule has 3 heterocycles. The van der Waals surface area contributed by atoms with Crippen LogP contribution in [0.4, 0.5) is 0 Å². The fourth-order valence-electron chi connectivity index (χ4n) is 3.25. The van der Waals surface area contributed by atoms with Gasteiger partial charge in [0.1, 0.15) is 24.1 Å². The molecule has 3 aliphatic heterocycles. The third kappa shape index (κ3) is 2.98. The average Bonchev–Trinajstić information content (AvgIpc) is 3.00. The summed E-state index contributed by atoms with van der Waals surface area (Å²) in [5.74, 6) is -0.991. The Hall–Kier alpha value is -1.03. The maximum Gasteiger partial charge on any atom is 0.190 e. The lowest BCUT2D eigenvalue weighted by atomic mass is 10.1. The molecule has 0 bridgehead atoms. The van der Waals surface area contributed by atoms with Crippen LogP contribution in [0.5, 0.6) is 0 Å². The van der Waals surface area contributed by atoms with Gasteiger partial charge in [0.25, 0.3) is 0 Å². The van der Waals surface area contributed by atoms with Crippen LogP contribution in [0.1, 0.15) is 13.8 Å². The Morgan fingerprint density at radius 1 is 1.08 bits per heavy atom. The summed E-state index contributed by atoms with van der Waals surface area (Å²) in [6.07, 6.45) is -2.46. The predicted octanol–water partition coefficient (Wildman–Crippen LogP) is 1.08. The first kappa shape index (κ1) is 16.4. The van der Waals surface area contributed by atoms with E-state index in [1.807, 2.05) is 0 Å². The van der Waals surface area contributed by atoms with Crippen LogP contribution in [-0.2, 0) is 33.5 Å². The monoisotopic (exact) mass is 356 g/mol. The molecule has 24 heavy (non-hydrogen) atoms. The molecule has 1 aromatic rings. The first-order valence-corrected chi connectivity index (χ1v) is 9.55. The van der Waals surface area contributed by atoms with E-state index in [4.69, 9.17) is 23.7 Å². The van der Waals surface area contributed by atoms with Gasteiger partial charge in [-0.2, -0.15) is 0 Å². The summed E-state index contributed by atoms with van der Waals surface area (Å²) < 4.78 is 53.6. The van der Waals surface area contributed by atoms with Crippen molar-refractivity contribution in [1.82, 2.24) is 0 Å². The van der Waals surface area contributed by atoms with E-state index in [1.165, 1.54) is 0 Å². The van der Waals surface area contributed by atoms with Crippen molar-refractivity contribution in [1.29, 1.82) is 0 Å². The highest BCUT2D eigenvalue weighted by atomic mass is 32.2. The third-order valence-corrected chi connectivity index (χ3v) is 6.00. The van der Waals surface area contributed by atoms with E-state index >= 15 is 0 Å². The number of benzene rings is 1. The minimum Gasteiger partial charge on any atom is -0.349 e. The second kappa shape index (κ2) is 5.76. The zero-order valence-electron chi connectivity index (χ0n) is 13.5. The van der Waals surface area contributed by atoms with Gasteiger partial charge in [-0.15, -0.1) is 0 Å². The van der Waals surface area contributed by atoms with Crippen molar-refractivity contribution in [3.63, 3.8) is 0 Å². The summed E-state index contributed by atoms with van der Waals surface area (Å²) in [6, 6.07) is 8.27. The largest absolute Gasteiger partial charge is 0.349 e. The molecule has 0 N–H and O–H groups in total. The van der Waals surface area contributed by atoms with Crippen LogP contribution in [-0.4, -0.2) is 57.5 Å². The summed E-state index contributed by atoms with van der Waals surface area (Å²) >= 11 is 0. The van der Waals surface area contributed by atoms with Crippen LogP contribution in [0, 0.1) is 0 Å². The highest BCUT2D eigenvalue weighted by Gasteiger charge is 2.57. The molecule has 7 nitrogen and oxygen atoms in total. The van der Waals surface area contributed by atoms with Gasteiger partial charge < -0.3 is 23.7 Å². The molecule has 3 aliphatic rings. The Balaban J connectivity index is 1.46. The number of rotatable bonds is 3. The minimum absolute atomic E-state index is 0.248. The van der Waals surface area contributed by atoms with Crippen molar-refractivity contribution in [2.75, 3.05) is 12.4 Å². The van der Waals surface area contributed by atoms with Gasteiger partial charge in [-0.25, -0.2) is 8.42 Å². The molecular formula is C16H20O7S. The van der Waals surface area contributed by atoms with Crippen LogP contribution in [0.25, 0.3) is 0 Å². The Bertz CT molecular complexity index is 702. The van der Waals surface area contributed by atoms with E-state index in [0.29, 0.717) is 0 Å². The second-order valence-electron chi connectivity index (χ2n) is 6.60. The van der Waals surface area contributed by atoms with Gasteiger partial charge in [0.15, 0.2) is 28.2 Å². The zero-order valence-corrected chi connectivity index (χ0v) is 14.3. The average molecular weight is 356 g/mol. The Morgan fingerprint density at radius 3 is 2.58 bits per heavy atom. The topological polar surface area (TPSA) is 80.3 Å². The summed E-state index contributed by atoms with van der Waals surface area (Å²) in [5, 5.41) is 0. The van der Waals surface area contributed by atoms with E-state index in [2.05, 4.69) is 0 Å². The van der Waals surface area contributed by atoms with Gasteiger partial charge in [0.05, 0.1) is 11.5 Å². The minimum atomic E-state index is -3.50. The second-order valence-corrected chi connectivity index (χ2v) is 8.64. The molecule has 1 aromatic carbocycles. The van der Waals surface area contributed by atoms with E-state index in [9.17, 15) is 8.42 Å². The van der Waals surface area contributed by atoms with E-state index in [1.54, 1.807) is 44.2 Å². The predicted molar refractivity (Wildman–Crippen MR) is 81.8 cm³/mol. The standard InChI is InChI=1S/C16H20O7S/c1-16(2)22-14-13-11(20-15(14)23-16)8-19-12(21-13)9-24(17,18)10-6-4-3-5-7-10/h3-7,11-15H,8-9H2,1-2H3/t11-,12-,13+,14-,15-/m1/s1. The Kier molecular flexibility index (Phi) is 3.94. The molecule has 5 atom stereocenters. The van der Waals surface area contributed by atoms with Gasteiger partial charge in [0.2, 0.25) is 0 Å².